The van der Waals surface area contributed by atoms with Crippen LogP contribution in [-0.2, 0) is 0 Å². The van der Waals surface area contributed by atoms with Crippen molar-refractivity contribution >= 4 is 5.82 Å². The maximum absolute atomic E-state index is 11.3. The van der Waals surface area contributed by atoms with Gasteiger partial charge in [-0.15, -0.1) is 0 Å². The maximum atomic E-state index is 11.3. The standard InChI is InChI=1S/C15H19N5O3/c1-11-7-5-6-10-13(11)18-17-15(20(22)23)14(19(18)21)16-12-8-3-2-4-9-12/h5-7,10,12,21H,2-4,8-9H2,1H3. The van der Waals surface area contributed by atoms with E-state index in [-0.39, 0.29) is 11.5 Å². The molecule has 0 radical (unpaired) electrons. The first-order valence-electron chi connectivity index (χ1n) is 7.74. The molecule has 1 heterocycles. The molecule has 1 aliphatic carbocycles. The van der Waals surface area contributed by atoms with Gasteiger partial charge in [-0.3, -0.25) is 4.99 Å². The fourth-order valence-corrected chi connectivity index (χ4v) is 2.91. The minimum absolute atomic E-state index is 0.00429. The van der Waals surface area contributed by atoms with Crippen LogP contribution in [0, 0.1) is 17.0 Å². The van der Waals surface area contributed by atoms with Gasteiger partial charge < -0.3 is 15.3 Å². The van der Waals surface area contributed by atoms with E-state index in [4.69, 9.17) is 0 Å². The molecule has 1 fully saturated rings. The van der Waals surface area contributed by atoms with Gasteiger partial charge in [-0.25, -0.2) is 0 Å². The van der Waals surface area contributed by atoms with Crippen LogP contribution < -0.4 is 5.49 Å². The number of aromatic nitrogens is 3. The Hall–Kier alpha value is -2.64. The highest BCUT2D eigenvalue weighted by molar-refractivity contribution is 5.38. The zero-order valence-electron chi connectivity index (χ0n) is 12.9. The summed E-state index contributed by atoms with van der Waals surface area (Å²) < 4.78 is 0. The van der Waals surface area contributed by atoms with Crippen molar-refractivity contribution in [2.45, 2.75) is 45.1 Å². The molecule has 2 aromatic rings. The molecule has 23 heavy (non-hydrogen) atoms. The van der Waals surface area contributed by atoms with Gasteiger partial charge in [0.2, 0.25) is 0 Å². The van der Waals surface area contributed by atoms with E-state index in [2.05, 4.69) is 10.1 Å². The van der Waals surface area contributed by atoms with Crippen molar-refractivity contribution in [2.75, 3.05) is 0 Å². The molecule has 8 heteroatoms. The first kappa shape index (κ1) is 15.3. The molecule has 0 amide bonds. The van der Waals surface area contributed by atoms with E-state index in [0.717, 1.165) is 42.5 Å². The highest BCUT2D eigenvalue weighted by Gasteiger charge is 2.26. The largest absolute Gasteiger partial charge is 0.438 e. The lowest BCUT2D eigenvalue weighted by atomic mass is 9.96. The average molecular weight is 317 g/mol. The quantitative estimate of drug-likeness (QED) is 0.533. The topological polar surface area (TPSA) is 98.5 Å². The lowest BCUT2D eigenvalue weighted by molar-refractivity contribution is -0.391. The van der Waals surface area contributed by atoms with E-state index in [1.165, 1.54) is 0 Å². The Bertz CT molecular complexity index is 787. The van der Waals surface area contributed by atoms with Crippen molar-refractivity contribution in [1.29, 1.82) is 0 Å². The first-order valence-corrected chi connectivity index (χ1v) is 7.74. The number of nitro groups is 1. The van der Waals surface area contributed by atoms with Crippen molar-refractivity contribution in [1.82, 2.24) is 14.7 Å². The van der Waals surface area contributed by atoms with Crippen molar-refractivity contribution < 1.29 is 10.1 Å². The number of para-hydroxylation sites is 1. The van der Waals surface area contributed by atoms with E-state index < -0.39 is 10.7 Å². The highest BCUT2D eigenvalue weighted by Crippen LogP contribution is 2.20. The molecule has 0 atom stereocenters. The molecule has 1 aromatic heterocycles. The third-order valence-electron chi connectivity index (χ3n) is 4.14. The molecule has 1 aromatic carbocycles. The molecule has 0 aliphatic heterocycles. The van der Waals surface area contributed by atoms with Gasteiger partial charge in [-0.1, -0.05) is 42.3 Å². The zero-order chi connectivity index (χ0) is 16.4. The van der Waals surface area contributed by atoms with Crippen LogP contribution in [0.15, 0.2) is 29.3 Å². The molecule has 0 saturated heterocycles. The number of hydrogen-bond donors (Lipinski definition) is 1. The lowest BCUT2D eigenvalue weighted by Crippen LogP contribution is -2.25. The van der Waals surface area contributed by atoms with Crippen LogP contribution in [0.2, 0.25) is 0 Å². The van der Waals surface area contributed by atoms with E-state index in [0.29, 0.717) is 10.5 Å². The van der Waals surface area contributed by atoms with Gasteiger partial charge in [0.05, 0.1) is 11.1 Å². The molecular formula is C15H19N5O3. The Morgan fingerprint density at radius 1 is 1.30 bits per heavy atom. The molecule has 1 saturated carbocycles. The van der Waals surface area contributed by atoms with E-state index in [9.17, 15) is 15.3 Å². The maximum Gasteiger partial charge on any atom is 0.438 e. The summed E-state index contributed by atoms with van der Waals surface area (Å²) in [5, 5.41) is 25.6. The third kappa shape index (κ3) is 2.96. The van der Waals surface area contributed by atoms with Crippen molar-refractivity contribution in [3.8, 4) is 5.69 Å². The Kier molecular flexibility index (Phi) is 4.14. The zero-order valence-corrected chi connectivity index (χ0v) is 12.9. The summed E-state index contributed by atoms with van der Waals surface area (Å²) in [6.45, 7) is 1.85. The number of rotatable bonds is 3. The SMILES string of the molecule is Cc1ccccc1-n1nc([N+](=O)[O-])c(=NC2CCCCC2)n1O. The second-order valence-electron chi connectivity index (χ2n) is 5.79. The molecule has 122 valence electrons. The van der Waals surface area contributed by atoms with Gasteiger partial charge in [-0.05, 0) is 41.1 Å². The monoisotopic (exact) mass is 317 g/mol. The van der Waals surface area contributed by atoms with Crippen LogP contribution in [0.3, 0.4) is 0 Å². The fraction of sp³-hybridized carbons (Fsp3) is 0.467. The number of aryl methyl sites for hydroxylation is 1. The molecule has 3 rings (SSSR count). The summed E-state index contributed by atoms with van der Waals surface area (Å²) in [6.07, 6.45) is 5.04. The van der Waals surface area contributed by atoms with Crippen LogP contribution in [0.1, 0.15) is 37.7 Å². The number of nitrogens with zero attached hydrogens (tertiary/aromatic N) is 5. The van der Waals surface area contributed by atoms with E-state index >= 15 is 0 Å². The molecule has 8 nitrogen and oxygen atoms in total. The van der Waals surface area contributed by atoms with Gasteiger partial charge in [0, 0.05) is 0 Å². The van der Waals surface area contributed by atoms with Gasteiger partial charge in [0.15, 0.2) is 0 Å². The first-order chi connectivity index (χ1) is 11.1. The number of hydrogen-bond acceptors (Lipinski definition) is 5. The van der Waals surface area contributed by atoms with E-state index in [1.807, 2.05) is 19.1 Å². The van der Waals surface area contributed by atoms with Crippen LogP contribution in [0.25, 0.3) is 5.69 Å². The van der Waals surface area contributed by atoms with E-state index in [1.54, 1.807) is 12.1 Å². The minimum atomic E-state index is -0.608. The molecule has 0 spiro atoms. The van der Waals surface area contributed by atoms with Crippen molar-refractivity contribution in [2.24, 2.45) is 4.99 Å². The second kappa shape index (κ2) is 6.23. The summed E-state index contributed by atoms with van der Waals surface area (Å²) in [4.78, 5) is 16.9. The Balaban J connectivity index is 2.14. The smallest absolute Gasteiger partial charge is 0.409 e. The summed E-state index contributed by atoms with van der Waals surface area (Å²) >= 11 is 0. The second-order valence-corrected chi connectivity index (χ2v) is 5.79. The summed E-state index contributed by atoms with van der Waals surface area (Å²) in [7, 11) is 0. The molecule has 1 N–H and O–H groups in total. The average Bonchev–Trinajstić information content (AvgIpc) is 2.86. The Labute approximate surface area is 132 Å². The van der Waals surface area contributed by atoms with Gasteiger partial charge in [0.1, 0.15) is 5.69 Å². The minimum Gasteiger partial charge on any atom is -0.409 e. The van der Waals surface area contributed by atoms with Crippen LogP contribution in [0.5, 0.6) is 0 Å². The number of benzene rings is 1. The summed E-state index contributed by atoms with van der Waals surface area (Å²) in [5.41, 5.74) is 1.32. The predicted molar refractivity (Wildman–Crippen MR) is 82.6 cm³/mol. The molecular weight excluding hydrogens is 298 g/mol. The fourth-order valence-electron chi connectivity index (χ4n) is 2.91. The highest BCUT2D eigenvalue weighted by atomic mass is 16.6. The predicted octanol–water partition coefficient (Wildman–Crippen LogP) is 2.36. The molecule has 1 aliphatic rings. The van der Waals surface area contributed by atoms with Gasteiger partial charge in [0.25, 0.3) is 5.49 Å². The van der Waals surface area contributed by atoms with Crippen LogP contribution >= 0.6 is 0 Å². The van der Waals surface area contributed by atoms with Crippen molar-refractivity contribution in [3.63, 3.8) is 0 Å². The third-order valence-corrected chi connectivity index (χ3v) is 4.14. The van der Waals surface area contributed by atoms with Gasteiger partial charge >= 0.3 is 5.82 Å². The van der Waals surface area contributed by atoms with Crippen molar-refractivity contribution in [3.05, 3.63) is 45.4 Å². The summed E-state index contributed by atoms with van der Waals surface area (Å²) in [6, 6.07) is 7.22. The Morgan fingerprint density at radius 3 is 2.65 bits per heavy atom. The molecule has 0 bridgehead atoms. The van der Waals surface area contributed by atoms with Crippen LogP contribution in [-0.4, -0.2) is 30.9 Å². The lowest BCUT2D eigenvalue weighted by Gasteiger charge is -2.16. The summed E-state index contributed by atoms with van der Waals surface area (Å²) in [5.74, 6) is -0.429. The molecule has 0 unspecified atom stereocenters. The Morgan fingerprint density at radius 2 is 2.00 bits per heavy atom. The van der Waals surface area contributed by atoms with Crippen LogP contribution in [0.4, 0.5) is 5.82 Å². The van der Waals surface area contributed by atoms with Gasteiger partial charge in [-0.2, -0.15) is 0 Å². The normalized spacial score (nSPS) is 16.7.